The van der Waals surface area contributed by atoms with Crippen molar-refractivity contribution in [2.24, 2.45) is 0 Å². The van der Waals surface area contributed by atoms with Crippen molar-refractivity contribution in [2.45, 2.75) is 38.9 Å². The molecule has 0 amide bonds. The molecule has 0 atom stereocenters. The Kier molecular flexibility index (Phi) is 4.73. The van der Waals surface area contributed by atoms with Crippen molar-refractivity contribution in [2.75, 3.05) is 0 Å². The van der Waals surface area contributed by atoms with E-state index in [1.54, 1.807) is 12.1 Å². The number of nitro groups is 1. The Morgan fingerprint density at radius 3 is 2.08 bits per heavy atom. The number of hydrogen-bond acceptors (Lipinski definition) is 4. The minimum Gasteiger partial charge on any atom is -0.399 e. The average molecular weight is 351 g/mol. The Bertz CT molecular complexity index is 827. The van der Waals surface area contributed by atoms with Crippen LogP contribution in [-0.4, -0.2) is 23.2 Å². The van der Waals surface area contributed by atoms with Gasteiger partial charge in [-0.1, -0.05) is 48.6 Å². The van der Waals surface area contributed by atoms with Gasteiger partial charge < -0.3 is 9.31 Å². The first-order valence-electron chi connectivity index (χ1n) is 8.56. The van der Waals surface area contributed by atoms with Crippen molar-refractivity contribution >= 4 is 30.4 Å². The minimum absolute atomic E-state index is 0.0864. The van der Waals surface area contributed by atoms with Gasteiger partial charge in [0.2, 0.25) is 0 Å². The van der Waals surface area contributed by atoms with Gasteiger partial charge in [-0.15, -0.1) is 0 Å². The van der Waals surface area contributed by atoms with E-state index < -0.39 is 4.92 Å². The van der Waals surface area contributed by atoms with Crippen molar-refractivity contribution < 1.29 is 14.2 Å². The number of benzene rings is 2. The summed E-state index contributed by atoms with van der Waals surface area (Å²) >= 11 is 0. The van der Waals surface area contributed by atoms with E-state index in [0.717, 1.165) is 16.6 Å². The molecule has 0 saturated carbocycles. The predicted molar refractivity (Wildman–Crippen MR) is 104 cm³/mol. The smallest absolute Gasteiger partial charge is 0.399 e. The van der Waals surface area contributed by atoms with Gasteiger partial charge in [0.15, 0.2) is 0 Å². The molecule has 5 nitrogen and oxygen atoms in total. The summed E-state index contributed by atoms with van der Waals surface area (Å²) in [6, 6.07) is 14.5. The summed E-state index contributed by atoms with van der Waals surface area (Å²) in [5.41, 5.74) is 2.11. The Labute approximate surface area is 153 Å². The lowest BCUT2D eigenvalue weighted by Crippen LogP contribution is -2.41. The van der Waals surface area contributed by atoms with Gasteiger partial charge in [-0.2, -0.15) is 0 Å². The topological polar surface area (TPSA) is 61.6 Å². The zero-order valence-corrected chi connectivity index (χ0v) is 15.4. The number of non-ortho nitro benzene ring substituents is 1. The molecule has 1 aliphatic rings. The summed E-state index contributed by atoms with van der Waals surface area (Å²) in [6.07, 6.45) is 3.78. The van der Waals surface area contributed by atoms with E-state index in [1.165, 1.54) is 6.07 Å². The number of nitrogens with zero attached hydrogens (tertiary/aromatic N) is 1. The molecule has 6 heteroatoms. The monoisotopic (exact) mass is 351 g/mol. The van der Waals surface area contributed by atoms with Crippen molar-refractivity contribution in [1.82, 2.24) is 0 Å². The first kappa shape index (κ1) is 18.4. The summed E-state index contributed by atoms with van der Waals surface area (Å²) in [5, 5.41) is 10.8. The first-order valence-corrected chi connectivity index (χ1v) is 8.56. The Morgan fingerprint density at radius 2 is 1.50 bits per heavy atom. The van der Waals surface area contributed by atoms with E-state index >= 15 is 0 Å². The van der Waals surface area contributed by atoms with E-state index in [1.807, 2.05) is 70.2 Å². The van der Waals surface area contributed by atoms with Crippen LogP contribution in [0.5, 0.6) is 0 Å². The van der Waals surface area contributed by atoms with Crippen molar-refractivity contribution in [3.8, 4) is 0 Å². The molecule has 1 saturated heterocycles. The largest absolute Gasteiger partial charge is 0.494 e. The zero-order chi connectivity index (χ0) is 18.9. The van der Waals surface area contributed by atoms with Gasteiger partial charge in [0, 0.05) is 12.1 Å². The molecule has 1 fully saturated rings. The zero-order valence-electron chi connectivity index (χ0n) is 15.4. The van der Waals surface area contributed by atoms with Crippen molar-refractivity contribution in [3.63, 3.8) is 0 Å². The molecule has 1 aliphatic heterocycles. The van der Waals surface area contributed by atoms with Crippen LogP contribution in [0.2, 0.25) is 0 Å². The lowest BCUT2D eigenvalue weighted by molar-refractivity contribution is -0.384. The Morgan fingerprint density at radius 1 is 0.923 bits per heavy atom. The van der Waals surface area contributed by atoms with Crippen LogP contribution < -0.4 is 5.46 Å². The first-order chi connectivity index (χ1) is 12.2. The van der Waals surface area contributed by atoms with Crippen molar-refractivity contribution in [1.29, 1.82) is 0 Å². The highest BCUT2D eigenvalue weighted by molar-refractivity contribution is 6.62. The third-order valence-electron chi connectivity index (χ3n) is 5.01. The molecule has 3 rings (SSSR count). The summed E-state index contributed by atoms with van der Waals surface area (Å²) in [5.74, 6) is 0. The molecule has 0 bridgehead atoms. The van der Waals surface area contributed by atoms with Gasteiger partial charge in [-0.3, -0.25) is 10.1 Å². The van der Waals surface area contributed by atoms with Gasteiger partial charge in [-0.25, -0.2) is 0 Å². The lowest BCUT2D eigenvalue weighted by Gasteiger charge is -2.32. The fraction of sp³-hybridized carbons (Fsp3) is 0.300. The molecule has 134 valence electrons. The molecule has 1 heterocycles. The summed E-state index contributed by atoms with van der Waals surface area (Å²) in [7, 11) is -0.380. The van der Waals surface area contributed by atoms with Gasteiger partial charge in [-0.05, 0) is 44.3 Å². The maximum atomic E-state index is 10.8. The van der Waals surface area contributed by atoms with Gasteiger partial charge in [0.05, 0.1) is 16.1 Å². The minimum atomic E-state index is -0.392. The van der Waals surface area contributed by atoms with Crippen LogP contribution in [0.25, 0.3) is 12.2 Å². The lowest BCUT2D eigenvalue weighted by atomic mass is 9.79. The van der Waals surface area contributed by atoms with E-state index in [0.29, 0.717) is 0 Å². The van der Waals surface area contributed by atoms with Crippen molar-refractivity contribution in [3.05, 3.63) is 69.8 Å². The predicted octanol–water partition coefficient (Wildman–Crippen LogP) is 4.06. The summed E-state index contributed by atoms with van der Waals surface area (Å²) < 4.78 is 12.1. The summed E-state index contributed by atoms with van der Waals surface area (Å²) in [6.45, 7) is 8.12. The normalized spacial score (nSPS) is 18.4. The van der Waals surface area contributed by atoms with E-state index in [9.17, 15) is 10.1 Å². The molecule has 0 unspecified atom stereocenters. The maximum Gasteiger partial charge on any atom is 0.494 e. The van der Waals surface area contributed by atoms with Crippen LogP contribution in [-0.2, 0) is 9.31 Å². The molecule has 0 aromatic heterocycles. The van der Waals surface area contributed by atoms with Gasteiger partial charge >= 0.3 is 7.12 Å². The molecule has 2 aromatic rings. The average Bonchev–Trinajstić information content (AvgIpc) is 2.81. The van der Waals surface area contributed by atoms with Gasteiger partial charge in [0.25, 0.3) is 5.69 Å². The Balaban J connectivity index is 1.73. The van der Waals surface area contributed by atoms with Crippen LogP contribution in [0.4, 0.5) is 5.69 Å². The Hall–Kier alpha value is -2.44. The van der Waals surface area contributed by atoms with Crippen LogP contribution >= 0.6 is 0 Å². The molecule has 26 heavy (non-hydrogen) atoms. The van der Waals surface area contributed by atoms with Crippen LogP contribution in [0.1, 0.15) is 38.8 Å². The third-order valence-corrected chi connectivity index (χ3v) is 5.01. The highest BCUT2D eigenvalue weighted by Gasteiger charge is 2.51. The number of hydrogen-bond donors (Lipinski definition) is 0. The third kappa shape index (κ3) is 3.71. The molecular weight excluding hydrogens is 329 g/mol. The maximum absolute atomic E-state index is 10.8. The fourth-order valence-corrected chi connectivity index (χ4v) is 2.68. The van der Waals surface area contributed by atoms with E-state index in [2.05, 4.69) is 0 Å². The van der Waals surface area contributed by atoms with Gasteiger partial charge in [0.1, 0.15) is 0 Å². The number of rotatable bonds is 4. The van der Waals surface area contributed by atoms with Crippen LogP contribution in [0.15, 0.2) is 48.5 Å². The molecule has 0 spiro atoms. The second kappa shape index (κ2) is 6.70. The van der Waals surface area contributed by atoms with E-state index in [-0.39, 0.29) is 24.0 Å². The molecular formula is C20H22BNO4. The quantitative estimate of drug-likeness (QED) is 0.361. The molecule has 0 aliphatic carbocycles. The fourth-order valence-electron chi connectivity index (χ4n) is 2.68. The standard InChI is InChI=1S/C20H22BNO4/c1-19(2)20(3,4)26-21(25-19)17-12-10-15(11-13-17)8-9-16-6-5-7-18(14-16)22(23)24/h5-14H,1-4H3. The summed E-state index contributed by atoms with van der Waals surface area (Å²) in [4.78, 5) is 10.4. The van der Waals surface area contributed by atoms with E-state index in [4.69, 9.17) is 9.31 Å². The second-order valence-electron chi connectivity index (χ2n) is 7.44. The van der Waals surface area contributed by atoms with Crippen LogP contribution in [0.3, 0.4) is 0 Å². The molecule has 0 radical (unpaired) electrons. The molecule has 2 aromatic carbocycles. The number of nitro benzene ring substituents is 1. The molecule has 0 N–H and O–H groups in total. The second-order valence-corrected chi connectivity index (χ2v) is 7.44. The highest BCUT2D eigenvalue weighted by atomic mass is 16.7. The highest BCUT2D eigenvalue weighted by Crippen LogP contribution is 2.36. The SMILES string of the molecule is CC1(C)OB(c2ccc(C=Cc3cccc([N+](=O)[O-])c3)cc2)OC1(C)C. The van der Waals surface area contributed by atoms with Crippen LogP contribution in [0, 0.1) is 10.1 Å².